The van der Waals surface area contributed by atoms with Crippen LogP contribution in [0.5, 0.6) is 0 Å². The molecule has 1 aliphatic heterocycles. The van der Waals surface area contributed by atoms with Gasteiger partial charge in [-0.1, -0.05) is 42.5 Å². The summed E-state index contributed by atoms with van der Waals surface area (Å²) in [5.41, 5.74) is 4.18. The molecule has 0 saturated carbocycles. The first kappa shape index (κ1) is 23.7. The van der Waals surface area contributed by atoms with E-state index in [9.17, 15) is 13.2 Å². The highest BCUT2D eigenvalue weighted by Crippen LogP contribution is 2.28. The predicted octanol–water partition coefficient (Wildman–Crippen LogP) is 3.94. The minimum atomic E-state index is -3.56. The second kappa shape index (κ2) is 10.3. The Morgan fingerprint density at radius 2 is 1.60 bits per heavy atom. The maximum Gasteiger partial charge on any atom is 0.250 e. The fraction of sp³-hybridized carbons (Fsp3) is 0.357. The van der Waals surface area contributed by atoms with E-state index in [1.54, 1.807) is 6.07 Å². The molecular formula is C28H31N3O3S. The molecule has 0 N–H and O–H groups in total. The summed E-state index contributed by atoms with van der Waals surface area (Å²) in [7, 11) is -3.56. The third-order valence-corrected chi connectivity index (χ3v) is 8.99. The number of amides is 1. The van der Waals surface area contributed by atoms with Gasteiger partial charge in [0.05, 0.1) is 4.90 Å². The van der Waals surface area contributed by atoms with Gasteiger partial charge in [0.25, 0.3) is 5.91 Å². The summed E-state index contributed by atoms with van der Waals surface area (Å²) in [6, 6.07) is 21.3. The van der Waals surface area contributed by atoms with Gasteiger partial charge in [-0.2, -0.15) is 9.30 Å². The van der Waals surface area contributed by atoms with Crippen LogP contribution in [0.1, 0.15) is 42.4 Å². The number of carbonyl (C=O) groups excluding carboxylic acids is 1. The number of pyridine rings is 1. The highest BCUT2D eigenvalue weighted by molar-refractivity contribution is 7.89. The van der Waals surface area contributed by atoms with E-state index in [1.165, 1.54) is 16.3 Å². The average Bonchev–Trinajstić information content (AvgIpc) is 2.90. The van der Waals surface area contributed by atoms with Gasteiger partial charge >= 0.3 is 0 Å². The van der Waals surface area contributed by atoms with Gasteiger partial charge in [-0.25, -0.2) is 8.42 Å². The van der Waals surface area contributed by atoms with Crippen molar-refractivity contribution < 1.29 is 13.2 Å². The summed E-state index contributed by atoms with van der Waals surface area (Å²) in [6.07, 6.45) is 7.14. The number of fused-ring (bicyclic) bond motifs is 1. The van der Waals surface area contributed by atoms with Crippen LogP contribution in [0, 0.1) is 5.92 Å². The zero-order valence-corrected chi connectivity index (χ0v) is 20.7. The zero-order valence-electron chi connectivity index (χ0n) is 19.8. The van der Waals surface area contributed by atoms with E-state index in [-0.39, 0.29) is 11.8 Å². The van der Waals surface area contributed by atoms with Crippen LogP contribution >= 0.6 is 0 Å². The van der Waals surface area contributed by atoms with Crippen molar-refractivity contribution >= 4 is 15.9 Å². The van der Waals surface area contributed by atoms with Gasteiger partial charge in [-0.05, 0) is 79.5 Å². The van der Waals surface area contributed by atoms with Crippen molar-refractivity contribution in [2.45, 2.75) is 50.0 Å². The largest absolute Gasteiger partial charge is 0.328 e. The molecule has 1 aromatic heterocycles. The molecule has 2 aromatic carbocycles. The molecule has 7 heteroatoms. The van der Waals surface area contributed by atoms with Gasteiger partial charge in [-0.3, -0.25) is 4.79 Å². The SMILES string of the molecule is O=C(N=c1ccccn1Cc1ccccc1)C1CCN(S(=O)(=O)c2ccc3c(c2)CCCC3)CC1. The fourth-order valence-corrected chi connectivity index (χ4v) is 6.57. The molecule has 2 aliphatic rings. The third-order valence-electron chi connectivity index (χ3n) is 7.10. The summed E-state index contributed by atoms with van der Waals surface area (Å²) in [5.74, 6) is -0.445. The monoisotopic (exact) mass is 489 g/mol. The van der Waals surface area contributed by atoms with Crippen LogP contribution in [0.25, 0.3) is 0 Å². The van der Waals surface area contributed by atoms with Crippen LogP contribution in [0.15, 0.2) is 82.8 Å². The Balaban J connectivity index is 1.27. The summed E-state index contributed by atoms with van der Waals surface area (Å²) in [6.45, 7) is 1.31. The first-order valence-corrected chi connectivity index (χ1v) is 13.8. The normalized spacial score (nSPS) is 17.8. The van der Waals surface area contributed by atoms with Crippen molar-refractivity contribution in [1.82, 2.24) is 8.87 Å². The molecule has 35 heavy (non-hydrogen) atoms. The van der Waals surface area contributed by atoms with Crippen LogP contribution in [-0.2, 0) is 34.2 Å². The number of hydrogen-bond donors (Lipinski definition) is 0. The number of piperidine rings is 1. The number of benzene rings is 2. The Morgan fingerprint density at radius 3 is 2.37 bits per heavy atom. The minimum Gasteiger partial charge on any atom is -0.328 e. The van der Waals surface area contributed by atoms with Gasteiger partial charge in [0.1, 0.15) is 5.49 Å². The molecule has 3 aromatic rings. The van der Waals surface area contributed by atoms with E-state index >= 15 is 0 Å². The van der Waals surface area contributed by atoms with Gasteiger partial charge < -0.3 is 4.57 Å². The fourth-order valence-electron chi connectivity index (χ4n) is 5.05. The number of rotatable bonds is 5. The first-order chi connectivity index (χ1) is 17.0. The molecule has 0 radical (unpaired) electrons. The molecule has 2 heterocycles. The summed E-state index contributed by atoms with van der Waals surface area (Å²) in [4.78, 5) is 17.8. The maximum atomic E-state index is 13.3. The maximum absolute atomic E-state index is 13.3. The van der Waals surface area contributed by atoms with Crippen molar-refractivity contribution in [2.24, 2.45) is 10.9 Å². The molecule has 1 aliphatic carbocycles. The van der Waals surface area contributed by atoms with Crippen molar-refractivity contribution in [3.8, 4) is 0 Å². The lowest BCUT2D eigenvalue weighted by Crippen LogP contribution is -2.40. The second-order valence-corrected chi connectivity index (χ2v) is 11.4. The van der Waals surface area contributed by atoms with Crippen LogP contribution in [0.3, 0.4) is 0 Å². The van der Waals surface area contributed by atoms with E-state index in [0.29, 0.717) is 42.9 Å². The van der Waals surface area contributed by atoms with Crippen LogP contribution in [0.4, 0.5) is 0 Å². The molecule has 1 amide bonds. The number of sulfonamides is 1. The van der Waals surface area contributed by atoms with Crippen molar-refractivity contribution in [3.63, 3.8) is 0 Å². The molecule has 1 saturated heterocycles. The highest BCUT2D eigenvalue weighted by Gasteiger charge is 2.32. The lowest BCUT2D eigenvalue weighted by Gasteiger charge is -2.30. The van der Waals surface area contributed by atoms with Gasteiger partial charge in [0, 0.05) is 31.7 Å². The highest BCUT2D eigenvalue weighted by atomic mass is 32.2. The molecular weight excluding hydrogens is 458 g/mol. The zero-order chi connectivity index (χ0) is 24.3. The van der Waals surface area contributed by atoms with Crippen LogP contribution in [0.2, 0.25) is 0 Å². The van der Waals surface area contributed by atoms with E-state index in [0.717, 1.165) is 30.4 Å². The summed E-state index contributed by atoms with van der Waals surface area (Å²) >= 11 is 0. The van der Waals surface area contributed by atoms with Crippen molar-refractivity contribution in [3.05, 3.63) is 95.1 Å². The lowest BCUT2D eigenvalue weighted by molar-refractivity contribution is -0.122. The van der Waals surface area contributed by atoms with Crippen LogP contribution in [-0.4, -0.2) is 36.3 Å². The Kier molecular flexibility index (Phi) is 6.97. The quantitative estimate of drug-likeness (QED) is 0.545. The summed E-state index contributed by atoms with van der Waals surface area (Å²) in [5, 5.41) is 0. The topological polar surface area (TPSA) is 71.7 Å². The predicted molar refractivity (Wildman–Crippen MR) is 135 cm³/mol. The van der Waals surface area contributed by atoms with E-state index in [1.807, 2.05) is 71.4 Å². The molecule has 0 bridgehead atoms. The Morgan fingerprint density at radius 1 is 0.886 bits per heavy atom. The minimum absolute atomic E-state index is 0.177. The van der Waals surface area contributed by atoms with Crippen molar-refractivity contribution in [2.75, 3.05) is 13.1 Å². The smallest absolute Gasteiger partial charge is 0.250 e. The third kappa shape index (κ3) is 5.31. The van der Waals surface area contributed by atoms with Gasteiger partial charge in [-0.15, -0.1) is 0 Å². The molecule has 1 fully saturated rings. The lowest BCUT2D eigenvalue weighted by atomic mass is 9.92. The number of aromatic nitrogens is 1. The summed E-state index contributed by atoms with van der Waals surface area (Å²) < 4.78 is 30.0. The molecule has 6 nitrogen and oxygen atoms in total. The van der Waals surface area contributed by atoms with E-state index < -0.39 is 10.0 Å². The number of carbonyl (C=O) groups is 1. The van der Waals surface area contributed by atoms with Crippen molar-refractivity contribution in [1.29, 1.82) is 0 Å². The molecule has 5 rings (SSSR count). The number of hydrogen-bond acceptors (Lipinski definition) is 3. The Labute approximate surface area is 207 Å². The van der Waals surface area contributed by atoms with E-state index in [4.69, 9.17) is 0 Å². The molecule has 0 atom stereocenters. The number of aryl methyl sites for hydroxylation is 2. The average molecular weight is 490 g/mol. The molecule has 0 spiro atoms. The van der Waals surface area contributed by atoms with Gasteiger partial charge in [0.2, 0.25) is 10.0 Å². The Bertz CT molecular complexity index is 1370. The molecule has 182 valence electrons. The van der Waals surface area contributed by atoms with Crippen LogP contribution < -0.4 is 5.49 Å². The van der Waals surface area contributed by atoms with Gasteiger partial charge in [0.15, 0.2) is 0 Å². The number of nitrogens with zero attached hydrogens (tertiary/aromatic N) is 3. The molecule has 0 unspecified atom stereocenters. The van der Waals surface area contributed by atoms with E-state index in [2.05, 4.69) is 4.99 Å². The standard InChI is InChI=1S/C28H31N3O3S/c32-28(29-27-12-6-7-17-30(27)21-22-8-2-1-3-9-22)24-15-18-31(19-16-24)35(33,34)26-14-13-23-10-4-5-11-25(23)20-26/h1-3,6-9,12-14,17,20,24H,4-5,10-11,15-16,18-19,21H2. The Hall–Kier alpha value is -3.03. The second-order valence-electron chi connectivity index (χ2n) is 9.44. The first-order valence-electron chi connectivity index (χ1n) is 12.4.